The molecular formula is C24H32O7. The number of ether oxygens (including phenoxy) is 7. The first-order chi connectivity index (χ1) is 15.1. The molecule has 0 bridgehead atoms. The summed E-state index contributed by atoms with van der Waals surface area (Å²) in [6, 6.07) is 9.73. The molecule has 0 radical (unpaired) electrons. The zero-order valence-electron chi connectivity index (χ0n) is 19.1. The third-order valence-electron chi connectivity index (χ3n) is 5.67. The molecular weight excluding hydrogens is 400 g/mol. The van der Waals surface area contributed by atoms with Crippen molar-refractivity contribution in [2.75, 3.05) is 48.8 Å². The predicted octanol–water partition coefficient (Wildman–Crippen LogP) is 4.59. The summed E-state index contributed by atoms with van der Waals surface area (Å²) in [5.74, 6) is 3.41. The fourth-order valence-corrected chi connectivity index (χ4v) is 3.91. The second-order valence-corrected chi connectivity index (χ2v) is 7.39. The van der Waals surface area contributed by atoms with Gasteiger partial charge in [0.05, 0.1) is 54.4 Å². The van der Waals surface area contributed by atoms with Gasteiger partial charge in [-0.2, -0.15) is 0 Å². The number of hydrogen-bond donors (Lipinski definition) is 0. The maximum absolute atomic E-state index is 6.23. The van der Waals surface area contributed by atoms with E-state index < -0.39 is 0 Å². The Morgan fingerprint density at radius 1 is 0.839 bits per heavy atom. The topological polar surface area (TPSA) is 64.6 Å². The summed E-state index contributed by atoms with van der Waals surface area (Å²) in [5.41, 5.74) is 2.01. The van der Waals surface area contributed by atoms with Crippen molar-refractivity contribution in [3.05, 3.63) is 41.5 Å². The van der Waals surface area contributed by atoms with Gasteiger partial charge in [0.1, 0.15) is 0 Å². The molecule has 1 fully saturated rings. The quantitative estimate of drug-likeness (QED) is 0.544. The van der Waals surface area contributed by atoms with Crippen molar-refractivity contribution in [3.63, 3.8) is 0 Å². The molecule has 7 nitrogen and oxygen atoms in total. The molecule has 2 aromatic rings. The van der Waals surface area contributed by atoms with E-state index in [4.69, 9.17) is 33.2 Å². The summed E-state index contributed by atoms with van der Waals surface area (Å²) < 4.78 is 39.4. The lowest BCUT2D eigenvalue weighted by Gasteiger charge is -2.23. The molecule has 1 unspecified atom stereocenters. The van der Waals surface area contributed by atoms with E-state index in [0.717, 1.165) is 17.5 Å². The van der Waals surface area contributed by atoms with Crippen LogP contribution in [-0.4, -0.2) is 48.8 Å². The van der Waals surface area contributed by atoms with Crippen LogP contribution in [0.4, 0.5) is 0 Å². The van der Waals surface area contributed by atoms with Crippen LogP contribution in [0.3, 0.4) is 0 Å². The maximum atomic E-state index is 6.23. The van der Waals surface area contributed by atoms with Crippen LogP contribution < -0.4 is 23.7 Å². The summed E-state index contributed by atoms with van der Waals surface area (Å²) in [6.07, 6.45) is 0.715. The Morgan fingerprint density at radius 3 is 2.06 bits per heavy atom. The molecule has 31 heavy (non-hydrogen) atoms. The third-order valence-corrected chi connectivity index (χ3v) is 5.67. The lowest BCUT2D eigenvalue weighted by molar-refractivity contribution is 0.00947. The fourth-order valence-electron chi connectivity index (χ4n) is 3.91. The van der Waals surface area contributed by atoms with E-state index in [2.05, 4.69) is 0 Å². The van der Waals surface area contributed by atoms with E-state index in [0.29, 0.717) is 42.0 Å². The molecule has 0 aliphatic carbocycles. The largest absolute Gasteiger partial charge is 0.493 e. The lowest BCUT2D eigenvalue weighted by atomic mass is 9.95. The molecule has 3 atom stereocenters. The molecule has 0 amide bonds. The molecule has 3 rings (SSSR count). The lowest BCUT2D eigenvalue weighted by Crippen LogP contribution is -2.16. The van der Waals surface area contributed by atoms with E-state index >= 15 is 0 Å². The third kappa shape index (κ3) is 4.99. The Balaban J connectivity index is 1.73. The second-order valence-electron chi connectivity index (χ2n) is 7.39. The van der Waals surface area contributed by atoms with Crippen molar-refractivity contribution in [1.29, 1.82) is 0 Å². The van der Waals surface area contributed by atoms with Gasteiger partial charge in [-0.25, -0.2) is 0 Å². The highest BCUT2D eigenvalue weighted by atomic mass is 16.5. The molecule has 0 saturated carbocycles. The first-order valence-corrected chi connectivity index (χ1v) is 10.3. The van der Waals surface area contributed by atoms with Gasteiger partial charge in [0, 0.05) is 12.5 Å². The fraction of sp³-hybridized carbons (Fsp3) is 0.500. The minimum absolute atomic E-state index is 0.0963. The number of methoxy groups -OCH3 is 5. The predicted molar refractivity (Wildman–Crippen MR) is 117 cm³/mol. The van der Waals surface area contributed by atoms with Crippen LogP contribution in [0.1, 0.15) is 36.7 Å². The highest BCUT2D eigenvalue weighted by molar-refractivity contribution is 5.54. The highest BCUT2D eigenvalue weighted by Crippen LogP contribution is 2.44. The summed E-state index contributed by atoms with van der Waals surface area (Å²) in [7, 11) is 8.08. The normalized spacial score (nSPS) is 19.0. The number of rotatable bonds is 10. The average Bonchev–Trinajstić information content (AvgIpc) is 3.29. The van der Waals surface area contributed by atoms with Gasteiger partial charge in [-0.15, -0.1) is 0 Å². The Labute approximate surface area is 184 Å². The summed E-state index contributed by atoms with van der Waals surface area (Å²) in [6.45, 7) is 3.28. The molecule has 1 heterocycles. The Kier molecular flexibility index (Phi) is 7.87. The number of hydrogen-bond acceptors (Lipinski definition) is 7. The van der Waals surface area contributed by atoms with Crippen LogP contribution >= 0.6 is 0 Å². The van der Waals surface area contributed by atoms with Gasteiger partial charge >= 0.3 is 0 Å². The molecule has 1 aliphatic heterocycles. The molecule has 170 valence electrons. The van der Waals surface area contributed by atoms with Crippen molar-refractivity contribution >= 4 is 0 Å². The van der Waals surface area contributed by atoms with Crippen molar-refractivity contribution in [2.45, 2.75) is 25.6 Å². The monoisotopic (exact) mass is 432 g/mol. The van der Waals surface area contributed by atoms with E-state index in [1.807, 2.05) is 37.3 Å². The van der Waals surface area contributed by atoms with Crippen molar-refractivity contribution < 1.29 is 33.2 Å². The molecule has 0 aromatic heterocycles. The average molecular weight is 433 g/mol. The SMILES string of the molecule is COc1ccc([C@H](C)OC[C@H]2CCOC2c2cc(OC)c(OC)c(OC)c2)cc1OC. The van der Waals surface area contributed by atoms with Crippen LogP contribution in [0.5, 0.6) is 28.7 Å². The smallest absolute Gasteiger partial charge is 0.203 e. The zero-order valence-corrected chi connectivity index (χ0v) is 19.1. The second kappa shape index (κ2) is 10.6. The Morgan fingerprint density at radius 2 is 1.48 bits per heavy atom. The van der Waals surface area contributed by atoms with Gasteiger partial charge in [0.25, 0.3) is 0 Å². The van der Waals surface area contributed by atoms with Crippen molar-refractivity contribution in [1.82, 2.24) is 0 Å². The van der Waals surface area contributed by atoms with Crippen LogP contribution in [-0.2, 0) is 9.47 Å². The van der Waals surface area contributed by atoms with Crippen molar-refractivity contribution in [3.8, 4) is 28.7 Å². The first kappa shape index (κ1) is 23.0. The van der Waals surface area contributed by atoms with Gasteiger partial charge < -0.3 is 33.2 Å². The Hall–Kier alpha value is -2.64. The van der Waals surface area contributed by atoms with Crippen LogP contribution in [0.25, 0.3) is 0 Å². The highest BCUT2D eigenvalue weighted by Gasteiger charge is 2.32. The summed E-state index contributed by atoms with van der Waals surface area (Å²) in [4.78, 5) is 0. The van der Waals surface area contributed by atoms with E-state index in [1.165, 1.54) is 0 Å². The Bertz CT molecular complexity index is 842. The molecule has 0 N–H and O–H groups in total. The van der Waals surface area contributed by atoms with Crippen LogP contribution in [0.2, 0.25) is 0 Å². The van der Waals surface area contributed by atoms with E-state index in [-0.39, 0.29) is 18.1 Å². The molecule has 1 aliphatic rings. The zero-order chi connectivity index (χ0) is 22.4. The standard InChI is InChI=1S/C24H32O7/c1-15(16-7-8-19(25-2)20(11-16)26-3)31-14-17-9-10-30-23(17)18-12-21(27-4)24(29-6)22(13-18)28-5/h7-8,11-13,15,17,23H,9-10,14H2,1-6H3/t15-,17+,23?/m0/s1. The van der Waals surface area contributed by atoms with Gasteiger partial charge in [0.2, 0.25) is 5.75 Å². The number of benzene rings is 2. The molecule has 0 spiro atoms. The molecule has 2 aromatic carbocycles. The minimum Gasteiger partial charge on any atom is -0.493 e. The van der Waals surface area contributed by atoms with Crippen LogP contribution in [0.15, 0.2) is 30.3 Å². The maximum Gasteiger partial charge on any atom is 0.203 e. The summed E-state index contributed by atoms with van der Waals surface area (Å²) >= 11 is 0. The van der Waals surface area contributed by atoms with Crippen molar-refractivity contribution in [2.24, 2.45) is 5.92 Å². The first-order valence-electron chi connectivity index (χ1n) is 10.3. The van der Waals surface area contributed by atoms with E-state index in [9.17, 15) is 0 Å². The van der Waals surface area contributed by atoms with Crippen LogP contribution in [0, 0.1) is 5.92 Å². The van der Waals surface area contributed by atoms with Gasteiger partial charge in [0.15, 0.2) is 23.0 Å². The van der Waals surface area contributed by atoms with Gasteiger partial charge in [-0.05, 0) is 48.7 Å². The summed E-state index contributed by atoms with van der Waals surface area (Å²) in [5, 5.41) is 0. The van der Waals surface area contributed by atoms with Gasteiger partial charge in [-0.3, -0.25) is 0 Å². The minimum atomic E-state index is -0.105. The molecule has 7 heteroatoms. The van der Waals surface area contributed by atoms with E-state index in [1.54, 1.807) is 35.5 Å². The van der Waals surface area contributed by atoms with Gasteiger partial charge in [-0.1, -0.05) is 6.07 Å². The molecule has 1 saturated heterocycles.